The summed E-state index contributed by atoms with van der Waals surface area (Å²) in [7, 11) is 0. The first kappa shape index (κ1) is 16.5. The first-order chi connectivity index (χ1) is 12.5. The Morgan fingerprint density at radius 3 is 2.77 bits per heavy atom. The van der Waals surface area contributed by atoms with Crippen LogP contribution in [0.25, 0.3) is 10.9 Å². The molecule has 1 N–H and O–H groups in total. The Hall–Kier alpha value is -2.96. The minimum absolute atomic E-state index is 0.281. The van der Waals surface area contributed by atoms with Gasteiger partial charge in [0.2, 0.25) is 0 Å². The molecule has 1 saturated heterocycles. The van der Waals surface area contributed by atoms with E-state index in [0.717, 1.165) is 29.0 Å². The third-order valence-corrected chi connectivity index (χ3v) is 4.71. The molecule has 7 heteroatoms. The van der Waals surface area contributed by atoms with E-state index in [2.05, 4.69) is 10.3 Å². The van der Waals surface area contributed by atoms with Gasteiger partial charge < -0.3 is 10.1 Å². The number of hydrogen-bond donors (Lipinski definition) is 1. The number of nitrogens with zero attached hydrogens (tertiary/aromatic N) is 2. The van der Waals surface area contributed by atoms with Gasteiger partial charge in [0, 0.05) is 30.1 Å². The molecule has 2 aromatic rings. The number of amides is 3. The van der Waals surface area contributed by atoms with E-state index in [0.29, 0.717) is 23.4 Å². The van der Waals surface area contributed by atoms with E-state index >= 15 is 0 Å². The molecular weight excluding hydrogens is 334 g/mol. The van der Waals surface area contributed by atoms with Gasteiger partial charge in [0.25, 0.3) is 5.91 Å². The summed E-state index contributed by atoms with van der Waals surface area (Å²) >= 11 is 0. The Kier molecular flexibility index (Phi) is 4.06. The smallest absolute Gasteiger partial charge is 0.339 e. The minimum atomic E-state index is -1.04. The van der Waals surface area contributed by atoms with Crippen molar-refractivity contribution in [2.24, 2.45) is 0 Å². The first-order valence-corrected chi connectivity index (χ1v) is 8.74. The highest BCUT2D eigenvalue weighted by atomic mass is 16.5. The molecular formula is C19H19N3O4. The molecule has 2 heterocycles. The van der Waals surface area contributed by atoms with Crippen LogP contribution in [0.15, 0.2) is 30.3 Å². The topological polar surface area (TPSA) is 88.6 Å². The molecule has 1 aliphatic carbocycles. The van der Waals surface area contributed by atoms with Crippen LogP contribution in [-0.2, 0) is 9.53 Å². The number of benzene rings is 1. The summed E-state index contributed by atoms with van der Waals surface area (Å²) in [5, 5.41) is 3.25. The molecule has 1 atom stereocenters. The standard InChI is InChI=1S/C19H19N3O4/c1-11(17(23)22-9-8-20-19(22)25)26-18(24)14-10-16(12-6-7-12)21-15-5-3-2-4-13(14)15/h2-5,10-12H,6-9H2,1H3,(H,20,25)/t11-/m0/s1. The number of para-hydroxylation sites is 1. The second-order valence-electron chi connectivity index (χ2n) is 6.66. The molecule has 7 nitrogen and oxygen atoms in total. The van der Waals surface area contributed by atoms with E-state index in [1.807, 2.05) is 24.3 Å². The van der Waals surface area contributed by atoms with Gasteiger partial charge in [-0.25, -0.2) is 9.59 Å². The Labute approximate surface area is 150 Å². The Morgan fingerprint density at radius 1 is 1.31 bits per heavy atom. The summed E-state index contributed by atoms with van der Waals surface area (Å²) in [6, 6.07) is 8.70. The number of ether oxygens (including phenoxy) is 1. The van der Waals surface area contributed by atoms with Gasteiger partial charge in [0.1, 0.15) is 0 Å². The number of aromatic nitrogens is 1. The number of carbonyl (C=O) groups is 3. The maximum absolute atomic E-state index is 12.7. The summed E-state index contributed by atoms with van der Waals surface area (Å²) in [6.45, 7) is 2.17. The monoisotopic (exact) mass is 353 g/mol. The SMILES string of the molecule is C[C@H](OC(=O)c1cc(C2CC2)nc2ccccc12)C(=O)N1CCNC1=O. The minimum Gasteiger partial charge on any atom is -0.449 e. The van der Waals surface area contributed by atoms with Crippen molar-refractivity contribution >= 4 is 28.8 Å². The van der Waals surface area contributed by atoms with E-state index in [1.165, 1.54) is 6.92 Å². The van der Waals surface area contributed by atoms with Gasteiger partial charge in [0.15, 0.2) is 6.10 Å². The highest BCUT2D eigenvalue weighted by Gasteiger charge is 2.32. The lowest BCUT2D eigenvalue weighted by Crippen LogP contribution is -2.41. The van der Waals surface area contributed by atoms with E-state index in [4.69, 9.17) is 4.74 Å². The van der Waals surface area contributed by atoms with E-state index in [9.17, 15) is 14.4 Å². The van der Waals surface area contributed by atoms with Crippen molar-refractivity contribution in [3.05, 3.63) is 41.6 Å². The molecule has 3 amide bonds. The van der Waals surface area contributed by atoms with Gasteiger partial charge in [0.05, 0.1) is 11.1 Å². The predicted molar refractivity (Wildman–Crippen MR) is 93.7 cm³/mol. The van der Waals surface area contributed by atoms with Crippen molar-refractivity contribution in [2.75, 3.05) is 13.1 Å². The van der Waals surface area contributed by atoms with Crippen LogP contribution in [0.5, 0.6) is 0 Å². The average molecular weight is 353 g/mol. The van der Waals surface area contributed by atoms with Gasteiger partial charge in [-0.3, -0.25) is 14.7 Å². The molecule has 26 heavy (non-hydrogen) atoms. The molecule has 2 aliphatic rings. The molecule has 0 spiro atoms. The number of fused-ring (bicyclic) bond motifs is 1. The number of imide groups is 1. The van der Waals surface area contributed by atoms with Crippen LogP contribution in [0.3, 0.4) is 0 Å². The number of nitrogens with one attached hydrogen (secondary N) is 1. The van der Waals surface area contributed by atoms with Gasteiger partial charge in [-0.15, -0.1) is 0 Å². The zero-order valence-electron chi connectivity index (χ0n) is 14.4. The molecule has 0 bridgehead atoms. The van der Waals surface area contributed by atoms with Crippen LogP contribution in [-0.4, -0.2) is 47.0 Å². The second kappa shape index (κ2) is 6.40. The average Bonchev–Trinajstić information content (AvgIpc) is 3.41. The molecule has 0 unspecified atom stereocenters. The Bertz CT molecular complexity index is 907. The van der Waals surface area contributed by atoms with Crippen LogP contribution in [0.4, 0.5) is 4.79 Å². The van der Waals surface area contributed by atoms with E-state index in [-0.39, 0.29) is 6.54 Å². The van der Waals surface area contributed by atoms with Crippen LogP contribution in [0, 0.1) is 0 Å². The number of esters is 1. The van der Waals surface area contributed by atoms with Crippen LogP contribution < -0.4 is 5.32 Å². The highest BCUT2D eigenvalue weighted by Crippen LogP contribution is 2.40. The summed E-state index contributed by atoms with van der Waals surface area (Å²) in [5.41, 5.74) is 2.03. The van der Waals surface area contributed by atoms with Crippen LogP contribution in [0.1, 0.15) is 41.7 Å². The molecule has 1 saturated carbocycles. The molecule has 2 fully saturated rings. The Balaban J connectivity index is 1.59. The number of carbonyl (C=O) groups excluding carboxylic acids is 3. The lowest BCUT2D eigenvalue weighted by Gasteiger charge is -2.18. The Morgan fingerprint density at radius 2 is 2.08 bits per heavy atom. The summed E-state index contributed by atoms with van der Waals surface area (Å²) < 4.78 is 5.38. The van der Waals surface area contributed by atoms with Gasteiger partial charge >= 0.3 is 12.0 Å². The van der Waals surface area contributed by atoms with Crippen LogP contribution in [0.2, 0.25) is 0 Å². The second-order valence-corrected chi connectivity index (χ2v) is 6.66. The number of pyridine rings is 1. The molecule has 1 aromatic heterocycles. The van der Waals surface area contributed by atoms with Gasteiger partial charge in [-0.05, 0) is 31.9 Å². The summed E-state index contributed by atoms with van der Waals surface area (Å²) in [6.07, 6.45) is 1.10. The van der Waals surface area contributed by atoms with Crippen LogP contribution >= 0.6 is 0 Å². The third-order valence-electron chi connectivity index (χ3n) is 4.71. The quantitative estimate of drug-likeness (QED) is 0.852. The van der Waals surface area contributed by atoms with Crippen molar-refractivity contribution in [3.63, 3.8) is 0 Å². The molecule has 134 valence electrons. The van der Waals surface area contributed by atoms with Gasteiger partial charge in [-0.1, -0.05) is 18.2 Å². The summed E-state index contributed by atoms with van der Waals surface area (Å²) in [4.78, 5) is 42.4. The lowest BCUT2D eigenvalue weighted by atomic mass is 10.1. The molecule has 0 radical (unpaired) electrons. The fraction of sp³-hybridized carbons (Fsp3) is 0.368. The normalized spacial score (nSPS) is 17.9. The zero-order chi connectivity index (χ0) is 18.3. The molecule has 4 rings (SSSR count). The fourth-order valence-corrected chi connectivity index (χ4v) is 3.13. The predicted octanol–water partition coefficient (Wildman–Crippen LogP) is 2.21. The van der Waals surface area contributed by atoms with Crippen molar-refractivity contribution < 1.29 is 19.1 Å². The zero-order valence-corrected chi connectivity index (χ0v) is 14.4. The first-order valence-electron chi connectivity index (χ1n) is 8.74. The molecule has 1 aliphatic heterocycles. The van der Waals surface area contributed by atoms with E-state index in [1.54, 1.807) is 6.07 Å². The maximum atomic E-state index is 12.7. The maximum Gasteiger partial charge on any atom is 0.339 e. The van der Waals surface area contributed by atoms with E-state index < -0.39 is 24.0 Å². The van der Waals surface area contributed by atoms with Gasteiger partial charge in [-0.2, -0.15) is 0 Å². The van der Waals surface area contributed by atoms with Crippen molar-refractivity contribution in [1.82, 2.24) is 15.2 Å². The number of rotatable bonds is 4. The number of urea groups is 1. The van der Waals surface area contributed by atoms with Crippen molar-refractivity contribution in [3.8, 4) is 0 Å². The highest BCUT2D eigenvalue weighted by molar-refractivity contribution is 6.05. The summed E-state index contributed by atoms with van der Waals surface area (Å²) in [5.74, 6) is -0.710. The fourth-order valence-electron chi connectivity index (χ4n) is 3.13. The third kappa shape index (κ3) is 3.00. The largest absolute Gasteiger partial charge is 0.449 e. The molecule has 1 aromatic carbocycles. The lowest BCUT2D eigenvalue weighted by molar-refractivity contribution is -0.136. The number of hydrogen-bond acceptors (Lipinski definition) is 5. The van der Waals surface area contributed by atoms with Crippen molar-refractivity contribution in [2.45, 2.75) is 31.8 Å². The van der Waals surface area contributed by atoms with Crippen molar-refractivity contribution in [1.29, 1.82) is 0 Å².